The van der Waals surface area contributed by atoms with Crippen molar-refractivity contribution in [3.05, 3.63) is 58.6 Å². The fourth-order valence-corrected chi connectivity index (χ4v) is 3.90. The second kappa shape index (κ2) is 7.97. The molecule has 1 saturated carbocycles. The zero-order valence-electron chi connectivity index (χ0n) is 16.0. The average Bonchev–Trinajstić information content (AvgIpc) is 3.24. The standard InChI is InChI=1S/C21H23ClFN5/c1-13-5-6-15(11-25-13)20-14(2)19(12-26-17-8-7-16(23)10-17)27-28(20)21-18(22)4-3-9-24-21/h3-6,9,11,16-17,26H,7-8,10,12H2,1-2H3/t16-,17+/m1/s1. The van der Waals surface area contributed by atoms with Crippen LogP contribution in [0.4, 0.5) is 4.39 Å². The summed E-state index contributed by atoms with van der Waals surface area (Å²) in [5.41, 5.74) is 4.76. The molecular formula is C21H23ClFN5. The SMILES string of the molecule is Cc1ccc(-c2c(C)c(CN[C@H]3CC[C@@H](F)C3)nn2-c2ncccc2Cl)cn1. The lowest BCUT2D eigenvalue weighted by Gasteiger charge is -2.10. The summed E-state index contributed by atoms with van der Waals surface area (Å²) in [7, 11) is 0. The van der Waals surface area contributed by atoms with Gasteiger partial charge in [-0.25, -0.2) is 14.1 Å². The highest BCUT2D eigenvalue weighted by atomic mass is 35.5. The smallest absolute Gasteiger partial charge is 0.172 e. The van der Waals surface area contributed by atoms with E-state index in [-0.39, 0.29) is 6.04 Å². The minimum Gasteiger partial charge on any atom is -0.308 e. The van der Waals surface area contributed by atoms with Gasteiger partial charge in [0.05, 0.1) is 16.4 Å². The molecule has 3 heterocycles. The first-order valence-corrected chi connectivity index (χ1v) is 9.90. The number of alkyl halides is 1. The summed E-state index contributed by atoms with van der Waals surface area (Å²) in [5.74, 6) is 0.582. The molecule has 1 fully saturated rings. The van der Waals surface area contributed by atoms with Crippen molar-refractivity contribution >= 4 is 11.6 Å². The lowest BCUT2D eigenvalue weighted by molar-refractivity contribution is 0.333. The van der Waals surface area contributed by atoms with E-state index in [9.17, 15) is 4.39 Å². The van der Waals surface area contributed by atoms with Crippen LogP contribution in [0.2, 0.25) is 5.02 Å². The molecule has 3 aromatic rings. The Morgan fingerprint density at radius 2 is 2.07 bits per heavy atom. The number of rotatable bonds is 5. The van der Waals surface area contributed by atoms with E-state index in [0.717, 1.165) is 34.6 Å². The third-order valence-electron chi connectivity index (χ3n) is 5.27. The Morgan fingerprint density at radius 1 is 1.21 bits per heavy atom. The maximum Gasteiger partial charge on any atom is 0.172 e. The quantitative estimate of drug-likeness (QED) is 0.682. The van der Waals surface area contributed by atoms with Crippen molar-refractivity contribution < 1.29 is 4.39 Å². The third-order valence-corrected chi connectivity index (χ3v) is 5.57. The number of halogens is 2. The Balaban J connectivity index is 1.73. The number of hydrogen-bond acceptors (Lipinski definition) is 4. The van der Waals surface area contributed by atoms with Gasteiger partial charge in [0.2, 0.25) is 0 Å². The van der Waals surface area contributed by atoms with Crippen LogP contribution in [0.15, 0.2) is 36.7 Å². The fourth-order valence-electron chi connectivity index (χ4n) is 3.70. The molecule has 1 aliphatic carbocycles. The second-order valence-corrected chi connectivity index (χ2v) is 7.72. The number of nitrogens with zero attached hydrogens (tertiary/aromatic N) is 4. The summed E-state index contributed by atoms with van der Waals surface area (Å²) in [6.07, 6.45) is 4.91. The average molecular weight is 400 g/mol. The van der Waals surface area contributed by atoms with Crippen molar-refractivity contribution in [1.29, 1.82) is 0 Å². The number of aromatic nitrogens is 4. The molecule has 0 spiro atoms. The Kier molecular flexibility index (Phi) is 5.42. The van der Waals surface area contributed by atoms with Gasteiger partial charge in [0, 0.05) is 41.8 Å². The molecule has 0 amide bonds. The molecule has 3 aromatic heterocycles. The minimum absolute atomic E-state index is 0.197. The second-order valence-electron chi connectivity index (χ2n) is 7.32. The van der Waals surface area contributed by atoms with Gasteiger partial charge in [0.1, 0.15) is 6.17 Å². The molecule has 28 heavy (non-hydrogen) atoms. The van der Waals surface area contributed by atoms with E-state index in [2.05, 4.69) is 15.3 Å². The molecule has 0 aliphatic heterocycles. The van der Waals surface area contributed by atoms with Crippen molar-refractivity contribution in [1.82, 2.24) is 25.1 Å². The monoisotopic (exact) mass is 399 g/mol. The van der Waals surface area contributed by atoms with Crippen molar-refractivity contribution in [3.63, 3.8) is 0 Å². The van der Waals surface area contributed by atoms with Crippen molar-refractivity contribution in [2.24, 2.45) is 0 Å². The summed E-state index contributed by atoms with van der Waals surface area (Å²) < 4.78 is 15.3. The lowest BCUT2D eigenvalue weighted by Crippen LogP contribution is -2.26. The number of nitrogens with one attached hydrogen (secondary N) is 1. The first-order valence-electron chi connectivity index (χ1n) is 9.53. The number of pyridine rings is 2. The molecule has 4 rings (SSSR count). The van der Waals surface area contributed by atoms with E-state index in [1.807, 2.05) is 32.2 Å². The van der Waals surface area contributed by atoms with Crippen molar-refractivity contribution in [2.45, 2.75) is 51.9 Å². The van der Waals surface area contributed by atoms with Gasteiger partial charge < -0.3 is 5.32 Å². The van der Waals surface area contributed by atoms with Crippen LogP contribution in [0.1, 0.15) is 36.2 Å². The van der Waals surface area contributed by atoms with Crippen LogP contribution in [0.3, 0.4) is 0 Å². The van der Waals surface area contributed by atoms with E-state index in [1.54, 1.807) is 23.0 Å². The number of aryl methyl sites for hydroxylation is 1. The van der Waals surface area contributed by atoms with Crippen LogP contribution in [-0.2, 0) is 6.54 Å². The Morgan fingerprint density at radius 3 is 2.75 bits per heavy atom. The fraction of sp³-hybridized carbons (Fsp3) is 0.381. The maximum absolute atomic E-state index is 13.5. The molecule has 146 valence electrons. The Bertz CT molecular complexity index is 969. The van der Waals surface area contributed by atoms with Crippen LogP contribution in [0.25, 0.3) is 17.1 Å². The van der Waals surface area contributed by atoms with Gasteiger partial charge in [0.25, 0.3) is 0 Å². The van der Waals surface area contributed by atoms with Gasteiger partial charge in [-0.05, 0) is 57.4 Å². The van der Waals surface area contributed by atoms with Crippen LogP contribution in [0.5, 0.6) is 0 Å². The molecule has 0 aromatic carbocycles. The summed E-state index contributed by atoms with van der Waals surface area (Å²) in [5, 5.41) is 8.79. The molecule has 0 unspecified atom stereocenters. The van der Waals surface area contributed by atoms with Gasteiger partial charge in [-0.1, -0.05) is 11.6 Å². The first kappa shape index (κ1) is 19.0. The van der Waals surface area contributed by atoms with E-state index in [1.165, 1.54) is 0 Å². The minimum atomic E-state index is -0.697. The molecule has 7 heteroatoms. The summed E-state index contributed by atoms with van der Waals surface area (Å²) in [4.78, 5) is 8.86. The normalized spacial score (nSPS) is 19.3. The van der Waals surface area contributed by atoms with Crippen LogP contribution in [0, 0.1) is 13.8 Å². The van der Waals surface area contributed by atoms with Crippen LogP contribution in [-0.4, -0.2) is 32.0 Å². The molecule has 0 radical (unpaired) electrons. The lowest BCUT2D eigenvalue weighted by atomic mass is 10.1. The zero-order chi connectivity index (χ0) is 19.7. The molecular weight excluding hydrogens is 377 g/mol. The van der Waals surface area contributed by atoms with E-state index in [4.69, 9.17) is 16.7 Å². The molecule has 2 atom stereocenters. The molecule has 1 aliphatic rings. The van der Waals surface area contributed by atoms with Gasteiger partial charge in [-0.2, -0.15) is 5.10 Å². The highest BCUT2D eigenvalue weighted by Gasteiger charge is 2.25. The van der Waals surface area contributed by atoms with Crippen LogP contribution >= 0.6 is 11.6 Å². The van der Waals surface area contributed by atoms with E-state index < -0.39 is 6.17 Å². The molecule has 5 nitrogen and oxygen atoms in total. The largest absolute Gasteiger partial charge is 0.308 e. The summed E-state index contributed by atoms with van der Waals surface area (Å²) >= 11 is 6.41. The van der Waals surface area contributed by atoms with Crippen LogP contribution < -0.4 is 5.32 Å². The third kappa shape index (κ3) is 3.80. The van der Waals surface area contributed by atoms with Crippen molar-refractivity contribution in [3.8, 4) is 17.1 Å². The van der Waals surface area contributed by atoms with Gasteiger partial charge in [0.15, 0.2) is 5.82 Å². The first-order chi connectivity index (χ1) is 13.5. The predicted molar refractivity (Wildman–Crippen MR) is 108 cm³/mol. The van der Waals surface area contributed by atoms with Gasteiger partial charge >= 0.3 is 0 Å². The zero-order valence-corrected chi connectivity index (χ0v) is 16.7. The van der Waals surface area contributed by atoms with E-state index >= 15 is 0 Å². The van der Waals surface area contributed by atoms with Gasteiger partial charge in [-0.3, -0.25) is 4.98 Å². The molecule has 0 saturated heterocycles. The van der Waals surface area contributed by atoms with Gasteiger partial charge in [-0.15, -0.1) is 0 Å². The Labute approximate surface area is 169 Å². The molecule has 1 N–H and O–H groups in total. The molecule has 0 bridgehead atoms. The van der Waals surface area contributed by atoms with Crippen molar-refractivity contribution in [2.75, 3.05) is 0 Å². The highest BCUT2D eigenvalue weighted by molar-refractivity contribution is 6.32. The summed E-state index contributed by atoms with van der Waals surface area (Å²) in [6, 6.07) is 7.80. The topological polar surface area (TPSA) is 55.6 Å². The predicted octanol–water partition coefficient (Wildman–Crippen LogP) is 4.58. The van der Waals surface area contributed by atoms with E-state index in [0.29, 0.717) is 30.2 Å². The number of hydrogen-bond donors (Lipinski definition) is 1. The summed E-state index contributed by atoms with van der Waals surface area (Å²) in [6.45, 7) is 4.57. The Hall–Kier alpha value is -2.31. The highest BCUT2D eigenvalue weighted by Crippen LogP contribution is 2.30. The maximum atomic E-state index is 13.5.